The third-order valence-corrected chi connectivity index (χ3v) is 5.55. The maximum absolute atomic E-state index is 13.3. The maximum atomic E-state index is 13.3. The van der Waals surface area contributed by atoms with Gasteiger partial charge in [0.2, 0.25) is 5.91 Å². The van der Waals surface area contributed by atoms with Crippen molar-refractivity contribution >= 4 is 17.2 Å². The molecule has 6 heteroatoms. The molecule has 3 rings (SSSR count). The second kappa shape index (κ2) is 8.54. The number of nitrogens with zero attached hydrogens (tertiary/aromatic N) is 2. The van der Waals surface area contributed by atoms with Gasteiger partial charge in [0.05, 0.1) is 12.1 Å². The number of amides is 1. The number of aromatic nitrogens is 1. The molecular weight excluding hydrogens is 337 g/mol. The smallest absolute Gasteiger partial charge is 0.228 e. The summed E-state index contributed by atoms with van der Waals surface area (Å²) in [5.41, 5.74) is 1.52. The van der Waals surface area contributed by atoms with Crippen molar-refractivity contribution in [2.45, 2.75) is 26.2 Å². The van der Waals surface area contributed by atoms with E-state index in [-0.39, 0.29) is 11.7 Å². The highest BCUT2D eigenvalue weighted by atomic mass is 32.1. The van der Waals surface area contributed by atoms with Gasteiger partial charge in [-0.15, -0.1) is 11.3 Å². The molecule has 1 saturated heterocycles. The largest absolute Gasteiger partial charge is 0.342 e. The van der Waals surface area contributed by atoms with Crippen LogP contribution in [0.4, 0.5) is 4.39 Å². The second-order valence-corrected chi connectivity index (χ2v) is 7.32. The van der Waals surface area contributed by atoms with Gasteiger partial charge in [-0.25, -0.2) is 9.37 Å². The van der Waals surface area contributed by atoms with E-state index in [1.54, 1.807) is 6.07 Å². The van der Waals surface area contributed by atoms with Crippen LogP contribution >= 0.6 is 11.3 Å². The molecule has 0 saturated carbocycles. The van der Waals surface area contributed by atoms with Gasteiger partial charge in [-0.1, -0.05) is 19.1 Å². The SMILES string of the molecule is CCNCC1CCN(C(=O)Cc2csc(-c3cccc(F)c3)n2)CC1. The van der Waals surface area contributed by atoms with Crippen LogP contribution < -0.4 is 5.32 Å². The first-order valence-corrected chi connectivity index (χ1v) is 9.72. The predicted octanol–water partition coefficient (Wildman–Crippen LogP) is 3.34. The Hall–Kier alpha value is -1.79. The molecule has 1 aliphatic heterocycles. The second-order valence-electron chi connectivity index (χ2n) is 6.46. The highest BCUT2D eigenvalue weighted by molar-refractivity contribution is 7.13. The summed E-state index contributed by atoms with van der Waals surface area (Å²) in [7, 11) is 0. The Morgan fingerprint density at radius 1 is 1.40 bits per heavy atom. The first-order valence-electron chi connectivity index (χ1n) is 8.84. The average Bonchev–Trinajstić information content (AvgIpc) is 3.09. The zero-order chi connectivity index (χ0) is 17.6. The number of hydrogen-bond acceptors (Lipinski definition) is 4. The van der Waals surface area contributed by atoms with Crippen molar-refractivity contribution in [1.82, 2.24) is 15.2 Å². The first kappa shape index (κ1) is 18.0. The fourth-order valence-corrected chi connectivity index (χ4v) is 3.96. The molecule has 1 aromatic carbocycles. The summed E-state index contributed by atoms with van der Waals surface area (Å²) in [5.74, 6) is 0.534. The summed E-state index contributed by atoms with van der Waals surface area (Å²) in [4.78, 5) is 19.0. The molecule has 0 radical (unpaired) electrons. The van der Waals surface area contributed by atoms with Crippen LogP contribution in [0.25, 0.3) is 10.6 Å². The maximum Gasteiger partial charge on any atom is 0.228 e. The summed E-state index contributed by atoms with van der Waals surface area (Å²) in [6.07, 6.45) is 2.44. The number of nitrogens with one attached hydrogen (secondary N) is 1. The van der Waals surface area contributed by atoms with Crippen LogP contribution in [0.3, 0.4) is 0 Å². The number of likely N-dealkylation sites (tertiary alicyclic amines) is 1. The quantitative estimate of drug-likeness (QED) is 0.858. The molecule has 0 aliphatic carbocycles. The van der Waals surface area contributed by atoms with E-state index in [1.807, 2.05) is 16.3 Å². The summed E-state index contributed by atoms with van der Waals surface area (Å²) < 4.78 is 13.3. The van der Waals surface area contributed by atoms with E-state index in [4.69, 9.17) is 0 Å². The number of halogens is 1. The molecule has 1 aliphatic rings. The molecule has 25 heavy (non-hydrogen) atoms. The third kappa shape index (κ3) is 4.86. The molecule has 0 unspecified atom stereocenters. The van der Waals surface area contributed by atoms with Crippen LogP contribution in [0.2, 0.25) is 0 Å². The number of benzene rings is 1. The highest BCUT2D eigenvalue weighted by Gasteiger charge is 2.23. The lowest BCUT2D eigenvalue weighted by Crippen LogP contribution is -2.41. The minimum atomic E-state index is -0.272. The number of carbonyl (C=O) groups excluding carboxylic acids is 1. The van der Waals surface area contributed by atoms with Crippen LogP contribution in [0.5, 0.6) is 0 Å². The zero-order valence-electron chi connectivity index (χ0n) is 14.5. The summed E-state index contributed by atoms with van der Waals surface area (Å²) in [6.45, 7) is 5.81. The minimum Gasteiger partial charge on any atom is -0.342 e. The van der Waals surface area contributed by atoms with Gasteiger partial charge in [-0.3, -0.25) is 4.79 Å². The monoisotopic (exact) mass is 361 g/mol. The van der Waals surface area contributed by atoms with E-state index in [9.17, 15) is 9.18 Å². The highest BCUT2D eigenvalue weighted by Crippen LogP contribution is 2.25. The van der Waals surface area contributed by atoms with Crippen LogP contribution in [-0.4, -0.2) is 42.0 Å². The Bertz CT molecular complexity index is 710. The predicted molar refractivity (Wildman–Crippen MR) is 99.1 cm³/mol. The Morgan fingerprint density at radius 3 is 2.92 bits per heavy atom. The van der Waals surface area contributed by atoms with Gasteiger partial charge in [-0.05, 0) is 44.0 Å². The van der Waals surface area contributed by atoms with Crippen molar-refractivity contribution in [2.24, 2.45) is 5.92 Å². The minimum absolute atomic E-state index is 0.137. The zero-order valence-corrected chi connectivity index (χ0v) is 15.3. The molecule has 0 bridgehead atoms. The van der Waals surface area contributed by atoms with Crippen LogP contribution in [0.1, 0.15) is 25.5 Å². The third-order valence-electron chi connectivity index (χ3n) is 4.61. The lowest BCUT2D eigenvalue weighted by Gasteiger charge is -2.32. The van der Waals surface area contributed by atoms with Crippen LogP contribution in [0, 0.1) is 11.7 Å². The fourth-order valence-electron chi connectivity index (χ4n) is 3.14. The number of piperidine rings is 1. The summed E-state index contributed by atoms with van der Waals surface area (Å²) >= 11 is 1.45. The number of carbonyl (C=O) groups is 1. The van der Waals surface area contributed by atoms with E-state index in [0.29, 0.717) is 12.3 Å². The van der Waals surface area contributed by atoms with Gasteiger partial charge >= 0.3 is 0 Å². The Labute approximate surface area is 152 Å². The fraction of sp³-hybridized carbons (Fsp3) is 0.474. The molecular formula is C19H24FN3OS. The van der Waals surface area contributed by atoms with Crippen molar-refractivity contribution < 1.29 is 9.18 Å². The molecule has 1 N–H and O–H groups in total. The molecule has 2 aromatic rings. The Kier molecular flexibility index (Phi) is 6.15. The molecule has 4 nitrogen and oxygen atoms in total. The van der Waals surface area contributed by atoms with E-state index in [1.165, 1.54) is 23.5 Å². The number of thiazole rings is 1. The molecule has 2 heterocycles. The topological polar surface area (TPSA) is 45.2 Å². The average molecular weight is 361 g/mol. The standard InChI is InChI=1S/C19H24FN3OS/c1-2-21-12-14-6-8-23(9-7-14)18(24)11-17-13-25-19(22-17)15-4-3-5-16(20)10-15/h3-5,10,13-14,21H,2,6-9,11-12H2,1H3. The molecule has 1 fully saturated rings. The molecule has 134 valence electrons. The van der Waals surface area contributed by atoms with Gasteiger partial charge in [0.15, 0.2) is 0 Å². The lowest BCUT2D eigenvalue weighted by molar-refractivity contribution is -0.131. The van der Waals surface area contributed by atoms with E-state index >= 15 is 0 Å². The van der Waals surface area contributed by atoms with Gasteiger partial charge in [0.25, 0.3) is 0 Å². The van der Waals surface area contributed by atoms with Crippen LogP contribution in [0.15, 0.2) is 29.6 Å². The van der Waals surface area contributed by atoms with Crippen LogP contribution in [-0.2, 0) is 11.2 Å². The van der Waals surface area contributed by atoms with Gasteiger partial charge in [0.1, 0.15) is 10.8 Å². The Morgan fingerprint density at radius 2 is 2.20 bits per heavy atom. The van der Waals surface area contributed by atoms with Gasteiger partial charge in [0, 0.05) is 24.0 Å². The van der Waals surface area contributed by atoms with E-state index < -0.39 is 0 Å². The Balaban J connectivity index is 1.54. The van der Waals surface area contributed by atoms with Crippen molar-refractivity contribution in [3.05, 3.63) is 41.2 Å². The van der Waals surface area contributed by atoms with E-state index in [0.717, 1.165) is 55.3 Å². The van der Waals surface area contributed by atoms with Crippen molar-refractivity contribution in [2.75, 3.05) is 26.2 Å². The van der Waals surface area contributed by atoms with Crippen molar-refractivity contribution in [1.29, 1.82) is 0 Å². The molecule has 0 atom stereocenters. The normalized spacial score (nSPS) is 15.5. The van der Waals surface area contributed by atoms with Crippen molar-refractivity contribution in [3.63, 3.8) is 0 Å². The number of rotatable bonds is 6. The lowest BCUT2D eigenvalue weighted by atomic mass is 9.96. The van der Waals surface area contributed by atoms with E-state index in [2.05, 4.69) is 17.2 Å². The summed E-state index contributed by atoms with van der Waals surface area (Å²) in [5, 5.41) is 6.04. The van der Waals surface area contributed by atoms with Crippen molar-refractivity contribution in [3.8, 4) is 10.6 Å². The van der Waals surface area contributed by atoms with Gasteiger partial charge < -0.3 is 10.2 Å². The molecule has 1 aromatic heterocycles. The summed E-state index contributed by atoms with van der Waals surface area (Å²) in [6, 6.07) is 6.40. The first-order chi connectivity index (χ1) is 12.2. The molecule has 1 amide bonds. The van der Waals surface area contributed by atoms with Gasteiger partial charge in [-0.2, -0.15) is 0 Å². The molecule has 0 spiro atoms. The number of hydrogen-bond donors (Lipinski definition) is 1.